The zero-order valence-corrected chi connectivity index (χ0v) is 20.1. The molecule has 10 heteroatoms. The minimum Gasteiger partial charge on any atom is -0.493 e. The second-order valence-corrected chi connectivity index (χ2v) is 8.92. The Morgan fingerprint density at radius 1 is 1.09 bits per heavy atom. The fourth-order valence-electron chi connectivity index (χ4n) is 3.62. The van der Waals surface area contributed by atoms with Crippen molar-refractivity contribution in [1.29, 1.82) is 0 Å². The maximum atomic E-state index is 12.8. The van der Waals surface area contributed by atoms with Gasteiger partial charge in [-0.05, 0) is 54.6 Å². The quantitative estimate of drug-likeness (QED) is 0.342. The molecule has 2 heterocycles. The van der Waals surface area contributed by atoms with Crippen LogP contribution in [0, 0.1) is 6.92 Å². The largest absolute Gasteiger partial charge is 0.493 e. The van der Waals surface area contributed by atoms with Crippen LogP contribution in [0.25, 0.3) is 6.08 Å². The van der Waals surface area contributed by atoms with Gasteiger partial charge < -0.3 is 19.1 Å². The molecule has 0 radical (unpaired) electrons. The van der Waals surface area contributed by atoms with Gasteiger partial charge in [-0.1, -0.05) is 23.8 Å². The van der Waals surface area contributed by atoms with E-state index in [1.165, 1.54) is 7.11 Å². The van der Waals surface area contributed by atoms with Gasteiger partial charge in [0.25, 0.3) is 11.1 Å². The van der Waals surface area contributed by atoms with Gasteiger partial charge in [-0.25, -0.2) is 4.79 Å². The molecule has 0 N–H and O–H groups in total. The van der Waals surface area contributed by atoms with Crippen LogP contribution in [-0.2, 0) is 14.3 Å². The van der Waals surface area contributed by atoms with Crippen LogP contribution in [0.5, 0.6) is 11.5 Å². The highest BCUT2D eigenvalue weighted by Crippen LogP contribution is 2.35. The number of ether oxygens (including phenoxy) is 3. The van der Waals surface area contributed by atoms with E-state index in [0.29, 0.717) is 43.2 Å². The number of morpholine rings is 1. The number of esters is 1. The molecule has 2 aromatic rings. The molecule has 35 heavy (non-hydrogen) atoms. The number of nitrogens with zero attached hydrogens (tertiary/aromatic N) is 2. The standard InChI is InChI=1S/C25H24N2O7S/c1-16-4-3-5-18(12-16)24(30)34-19-7-6-17(13-20(19)32-2)14-21-23(29)27(25(31)35-21)15-22(28)26-8-10-33-11-9-26/h3-7,12-14H,8-11,15H2,1-2H3/b21-14-. The number of carbonyl (C=O) groups is 4. The van der Waals surface area contributed by atoms with Crippen LogP contribution >= 0.6 is 11.8 Å². The van der Waals surface area contributed by atoms with E-state index < -0.39 is 17.1 Å². The van der Waals surface area contributed by atoms with Crippen LogP contribution in [-0.4, -0.2) is 72.8 Å². The van der Waals surface area contributed by atoms with Crippen LogP contribution in [0.1, 0.15) is 21.5 Å². The summed E-state index contributed by atoms with van der Waals surface area (Å²) in [5.74, 6) is -0.832. The maximum Gasteiger partial charge on any atom is 0.343 e. The van der Waals surface area contributed by atoms with Gasteiger partial charge in [0.1, 0.15) is 6.54 Å². The van der Waals surface area contributed by atoms with Crippen molar-refractivity contribution in [3.63, 3.8) is 0 Å². The van der Waals surface area contributed by atoms with Crippen molar-refractivity contribution in [2.75, 3.05) is 40.0 Å². The molecule has 182 valence electrons. The number of thioether (sulfide) groups is 1. The first kappa shape index (κ1) is 24.5. The Kier molecular flexibility index (Phi) is 7.52. The van der Waals surface area contributed by atoms with Crippen LogP contribution in [0.15, 0.2) is 47.4 Å². The Bertz CT molecular complexity index is 1200. The smallest absolute Gasteiger partial charge is 0.343 e. The van der Waals surface area contributed by atoms with Crippen LogP contribution in [0.3, 0.4) is 0 Å². The molecule has 0 unspecified atom stereocenters. The van der Waals surface area contributed by atoms with E-state index in [0.717, 1.165) is 22.2 Å². The number of methoxy groups -OCH3 is 1. The molecule has 0 aromatic heterocycles. The molecule has 2 fully saturated rings. The van der Waals surface area contributed by atoms with E-state index in [1.807, 2.05) is 13.0 Å². The summed E-state index contributed by atoms with van der Waals surface area (Å²) < 4.78 is 16.1. The molecule has 4 rings (SSSR count). The van der Waals surface area contributed by atoms with Crippen molar-refractivity contribution in [2.24, 2.45) is 0 Å². The minimum absolute atomic E-state index is 0.191. The Hall–Kier alpha value is -3.63. The van der Waals surface area contributed by atoms with E-state index in [4.69, 9.17) is 14.2 Å². The Morgan fingerprint density at radius 3 is 2.57 bits per heavy atom. The zero-order chi connectivity index (χ0) is 24.9. The fraction of sp³-hybridized carbons (Fsp3) is 0.280. The van der Waals surface area contributed by atoms with Crippen molar-refractivity contribution in [2.45, 2.75) is 6.92 Å². The first-order valence-electron chi connectivity index (χ1n) is 10.9. The Balaban J connectivity index is 1.47. The van der Waals surface area contributed by atoms with E-state index in [-0.39, 0.29) is 23.1 Å². The van der Waals surface area contributed by atoms with E-state index >= 15 is 0 Å². The van der Waals surface area contributed by atoms with Gasteiger partial charge in [-0.15, -0.1) is 0 Å². The van der Waals surface area contributed by atoms with Gasteiger partial charge in [0.2, 0.25) is 5.91 Å². The van der Waals surface area contributed by atoms with Crippen molar-refractivity contribution < 1.29 is 33.4 Å². The average molecular weight is 497 g/mol. The number of carbonyl (C=O) groups excluding carboxylic acids is 4. The number of amides is 3. The summed E-state index contributed by atoms with van der Waals surface area (Å²) >= 11 is 0.769. The summed E-state index contributed by atoms with van der Waals surface area (Å²) in [5.41, 5.74) is 1.92. The highest BCUT2D eigenvalue weighted by Gasteiger charge is 2.37. The molecule has 0 aliphatic carbocycles. The summed E-state index contributed by atoms with van der Waals surface area (Å²) in [4.78, 5) is 52.9. The maximum absolute atomic E-state index is 12.8. The molecule has 3 amide bonds. The predicted octanol–water partition coefficient (Wildman–Crippen LogP) is 3.12. The molecule has 0 atom stereocenters. The van der Waals surface area contributed by atoms with E-state index in [2.05, 4.69) is 0 Å². The van der Waals surface area contributed by atoms with Gasteiger partial charge in [0.15, 0.2) is 11.5 Å². The van der Waals surface area contributed by atoms with Crippen LogP contribution < -0.4 is 9.47 Å². The monoisotopic (exact) mass is 496 g/mol. The SMILES string of the molecule is COc1cc(/C=C2\SC(=O)N(CC(=O)N3CCOCC3)C2=O)ccc1OC(=O)c1cccc(C)c1. The summed E-state index contributed by atoms with van der Waals surface area (Å²) in [6, 6.07) is 11.9. The average Bonchev–Trinajstić information content (AvgIpc) is 3.12. The zero-order valence-electron chi connectivity index (χ0n) is 19.3. The number of imide groups is 1. The van der Waals surface area contributed by atoms with E-state index in [1.54, 1.807) is 47.4 Å². The molecule has 0 bridgehead atoms. The van der Waals surface area contributed by atoms with Crippen LogP contribution in [0.4, 0.5) is 4.79 Å². The van der Waals surface area contributed by atoms with E-state index in [9.17, 15) is 19.2 Å². The van der Waals surface area contributed by atoms with Gasteiger partial charge in [0, 0.05) is 13.1 Å². The predicted molar refractivity (Wildman–Crippen MR) is 129 cm³/mol. The van der Waals surface area contributed by atoms with Crippen molar-refractivity contribution in [3.8, 4) is 11.5 Å². The van der Waals surface area contributed by atoms with Gasteiger partial charge in [-0.2, -0.15) is 0 Å². The van der Waals surface area contributed by atoms with Crippen molar-refractivity contribution in [1.82, 2.24) is 9.80 Å². The normalized spacial score (nSPS) is 17.1. The highest BCUT2D eigenvalue weighted by atomic mass is 32.2. The summed E-state index contributed by atoms with van der Waals surface area (Å²) in [6.07, 6.45) is 1.54. The summed E-state index contributed by atoms with van der Waals surface area (Å²) in [5, 5.41) is -0.501. The number of aryl methyl sites for hydroxylation is 1. The molecule has 9 nitrogen and oxygen atoms in total. The minimum atomic E-state index is -0.532. The lowest BCUT2D eigenvalue weighted by atomic mass is 10.1. The van der Waals surface area contributed by atoms with Crippen molar-refractivity contribution >= 4 is 40.9 Å². The number of benzene rings is 2. The molecule has 2 aromatic carbocycles. The lowest BCUT2D eigenvalue weighted by molar-refractivity contribution is -0.139. The van der Waals surface area contributed by atoms with Crippen LogP contribution in [0.2, 0.25) is 0 Å². The van der Waals surface area contributed by atoms with Crippen molar-refractivity contribution in [3.05, 3.63) is 64.1 Å². The first-order chi connectivity index (χ1) is 16.9. The molecular formula is C25H24N2O7S. The second-order valence-electron chi connectivity index (χ2n) is 7.93. The lowest BCUT2D eigenvalue weighted by Gasteiger charge is -2.28. The molecule has 2 aliphatic rings. The third-order valence-electron chi connectivity index (χ3n) is 5.47. The Morgan fingerprint density at radius 2 is 1.86 bits per heavy atom. The van der Waals surface area contributed by atoms with Gasteiger partial charge in [0.05, 0.1) is 30.8 Å². The highest BCUT2D eigenvalue weighted by molar-refractivity contribution is 8.18. The first-order valence-corrected chi connectivity index (χ1v) is 11.7. The lowest BCUT2D eigenvalue weighted by Crippen LogP contribution is -2.46. The molecule has 0 spiro atoms. The summed E-state index contributed by atoms with van der Waals surface area (Å²) in [6.45, 7) is 3.32. The molecule has 0 saturated carbocycles. The molecule has 2 saturated heterocycles. The number of hydrogen-bond acceptors (Lipinski definition) is 8. The number of rotatable bonds is 6. The Labute approximate surface area is 206 Å². The topological polar surface area (TPSA) is 102 Å². The third kappa shape index (κ3) is 5.72. The van der Waals surface area contributed by atoms with Gasteiger partial charge >= 0.3 is 5.97 Å². The number of hydrogen-bond donors (Lipinski definition) is 0. The third-order valence-corrected chi connectivity index (χ3v) is 6.38. The molecular weight excluding hydrogens is 472 g/mol. The second kappa shape index (κ2) is 10.7. The van der Waals surface area contributed by atoms with Gasteiger partial charge in [-0.3, -0.25) is 19.3 Å². The molecule has 2 aliphatic heterocycles. The fourth-order valence-corrected chi connectivity index (χ4v) is 4.46. The summed E-state index contributed by atoms with van der Waals surface area (Å²) in [7, 11) is 1.44.